The molecule has 0 spiro atoms. The van der Waals surface area contributed by atoms with E-state index < -0.39 is 11.8 Å². The average molecular weight is 414 g/mol. The molecular weight excluding hydrogens is 397 g/mol. The Labute approximate surface area is 151 Å². The molecule has 8 heteroatoms. The Hall–Kier alpha value is -1.80. The Kier molecular flexibility index (Phi) is 6.86. The van der Waals surface area contributed by atoms with Gasteiger partial charge in [0.2, 0.25) is 0 Å². The van der Waals surface area contributed by atoms with Crippen LogP contribution in [0.3, 0.4) is 0 Å². The normalized spacial score (nSPS) is 10.5. The van der Waals surface area contributed by atoms with Crippen LogP contribution in [0.5, 0.6) is 0 Å². The van der Waals surface area contributed by atoms with E-state index in [-0.39, 0.29) is 11.5 Å². The van der Waals surface area contributed by atoms with Gasteiger partial charge in [0, 0.05) is 12.0 Å². The lowest BCUT2D eigenvalue weighted by Gasteiger charge is -2.11. The third-order valence-corrected chi connectivity index (χ3v) is 4.63. The summed E-state index contributed by atoms with van der Waals surface area (Å²) in [6.07, 6.45) is 4.66. The third kappa shape index (κ3) is 5.38. The second-order valence-corrected chi connectivity index (χ2v) is 7.53. The molecule has 2 amide bonds. The molecule has 0 atom stereocenters. The molecule has 1 aromatic heterocycles. The monoisotopic (exact) mass is 413 g/mol. The van der Waals surface area contributed by atoms with Gasteiger partial charge < -0.3 is 5.32 Å². The third-order valence-electron chi connectivity index (χ3n) is 3.24. The highest BCUT2D eigenvalue weighted by atomic mass is 79.9. The van der Waals surface area contributed by atoms with Crippen LogP contribution in [-0.4, -0.2) is 16.8 Å². The highest BCUT2D eigenvalue weighted by molar-refractivity contribution is 9.11. The Morgan fingerprint density at radius 3 is 2.75 bits per heavy atom. The second-order valence-electron chi connectivity index (χ2n) is 5.12. The molecule has 0 radical (unpaired) electrons. The summed E-state index contributed by atoms with van der Waals surface area (Å²) in [6.45, 7) is 2.05. The summed E-state index contributed by atoms with van der Waals surface area (Å²) in [5.74, 6) is -0.636. The van der Waals surface area contributed by atoms with Crippen molar-refractivity contribution in [1.29, 1.82) is 0 Å². The number of Topliss-reactive ketones (excluding diaryl/α,β-unsaturated/α-hetero) is 1. The first-order chi connectivity index (χ1) is 11.5. The molecule has 2 rings (SSSR count). The number of rotatable bonds is 7. The van der Waals surface area contributed by atoms with E-state index in [1.54, 1.807) is 6.20 Å². The topological polar surface area (TPSA) is 71.1 Å². The van der Waals surface area contributed by atoms with Crippen LogP contribution in [0.15, 0.2) is 28.2 Å². The first-order valence-electron chi connectivity index (χ1n) is 7.51. The summed E-state index contributed by atoms with van der Waals surface area (Å²) < 4.78 is 14.3. The molecule has 0 saturated heterocycles. The molecule has 0 aliphatic heterocycles. The van der Waals surface area contributed by atoms with Gasteiger partial charge in [0.15, 0.2) is 10.9 Å². The number of hydrogen-bond acceptors (Lipinski definition) is 4. The Balaban J connectivity index is 2.08. The van der Waals surface area contributed by atoms with Gasteiger partial charge in [0.25, 0.3) is 0 Å². The Morgan fingerprint density at radius 1 is 1.29 bits per heavy atom. The fourth-order valence-electron chi connectivity index (χ4n) is 2.10. The van der Waals surface area contributed by atoms with Gasteiger partial charge in [-0.25, -0.2) is 14.2 Å². The van der Waals surface area contributed by atoms with Crippen LogP contribution in [0.4, 0.5) is 20.0 Å². The van der Waals surface area contributed by atoms with Crippen LogP contribution in [0.1, 0.15) is 43.0 Å². The van der Waals surface area contributed by atoms with Gasteiger partial charge >= 0.3 is 6.03 Å². The number of amides is 2. The van der Waals surface area contributed by atoms with Gasteiger partial charge in [-0.1, -0.05) is 31.1 Å². The maximum atomic E-state index is 13.5. The van der Waals surface area contributed by atoms with Crippen molar-refractivity contribution >= 4 is 49.9 Å². The molecule has 5 nitrogen and oxygen atoms in total. The van der Waals surface area contributed by atoms with Gasteiger partial charge in [-0.2, -0.15) is 0 Å². The van der Waals surface area contributed by atoms with Gasteiger partial charge in [0.05, 0.1) is 15.7 Å². The van der Waals surface area contributed by atoms with Crippen LogP contribution in [0, 0.1) is 5.82 Å². The maximum Gasteiger partial charge on any atom is 0.325 e. The van der Waals surface area contributed by atoms with E-state index in [0.29, 0.717) is 17.1 Å². The number of unbranched alkanes of at least 4 members (excludes halogenated alkanes) is 2. The van der Waals surface area contributed by atoms with Crippen molar-refractivity contribution in [3.05, 3.63) is 39.6 Å². The van der Waals surface area contributed by atoms with Crippen LogP contribution in [0.2, 0.25) is 0 Å². The zero-order valence-corrected chi connectivity index (χ0v) is 15.5. The fourth-order valence-corrected chi connectivity index (χ4v) is 3.20. The molecule has 1 heterocycles. The second kappa shape index (κ2) is 8.89. The van der Waals surface area contributed by atoms with Crippen molar-refractivity contribution in [3.63, 3.8) is 0 Å². The minimum atomic E-state index is -0.579. The lowest BCUT2D eigenvalue weighted by Crippen LogP contribution is -2.21. The molecule has 0 unspecified atom stereocenters. The van der Waals surface area contributed by atoms with Gasteiger partial charge in [0.1, 0.15) is 5.82 Å². The van der Waals surface area contributed by atoms with Crippen molar-refractivity contribution < 1.29 is 14.0 Å². The number of hydrogen-bond donors (Lipinski definition) is 2. The Morgan fingerprint density at radius 2 is 2.08 bits per heavy atom. The SMILES string of the molecule is CCCCCC(=O)c1ccc(F)cc1NC(=O)Nc1ncc(Br)s1. The van der Waals surface area contributed by atoms with Crippen molar-refractivity contribution in [1.82, 2.24) is 4.98 Å². The zero-order chi connectivity index (χ0) is 17.5. The summed E-state index contributed by atoms with van der Waals surface area (Å²) in [6, 6.07) is 3.18. The van der Waals surface area contributed by atoms with E-state index >= 15 is 0 Å². The van der Waals surface area contributed by atoms with E-state index in [1.807, 2.05) is 0 Å². The van der Waals surface area contributed by atoms with Gasteiger partial charge in [-0.05, 0) is 40.5 Å². The van der Waals surface area contributed by atoms with Gasteiger partial charge in [-0.3, -0.25) is 10.1 Å². The molecule has 128 valence electrons. The molecule has 2 aromatic rings. The van der Waals surface area contributed by atoms with E-state index in [0.717, 1.165) is 29.1 Å². The van der Waals surface area contributed by atoms with E-state index in [1.165, 1.54) is 23.5 Å². The number of thiazole rings is 1. The molecule has 0 aliphatic rings. The number of anilines is 2. The maximum absolute atomic E-state index is 13.5. The predicted octanol–water partition coefficient (Wildman–Crippen LogP) is 5.45. The number of urea groups is 1. The molecule has 2 N–H and O–H groups in total. The number of halogens is 2. The quantitative estimate of drug-likeness (QED) is 0.468. The first kappa shape index (κ1) is 18.5. The highest BCUT2D eigenvalue weighted by Crippen LogP contribution is 2.24. The van der Waals surface area contributed by atoms with Crippen molar-refractivity contribution in [3.8, 4) is 0 Å². The van der Waals surface area contributed by atoms with E-state index in [2.05, 4.69) is 38.5 Å². The van der Waals surface area contributed by atoms with Crippen LogP contribution < -0.4 is 10.6 Å². The molecule has 24 heavy (non-hydrogen) atoms. The number of carbonyl (C=O) groups excluding carboxylic acids is 2. The number of carbonyl (C=O) groups is 2. The number of aromatic nitrogens is 1. The number of nitrogens with zero attached hydrogens (tertiary/aromatic N) is 1. The van der Waals surface area contributed by atoms with Crippen LogP contribution in [-0.2, 0) is 0 Å². The van der Waals surface area contributed by atoms with E-state index in [9.17, 15) is 14.0 Å². The summed E-state index contributed by atoms with van der Waals surface area (Å²) in [5.41, 5.74) is 0.465. The minimum absolute atomic E-state index is 0.115. The predicted molar refractivity (Wildman–Crippen MR) is 97.3 cm³/mol. The standard InChI is InChI=1S/C16H17BrFN3O2S/c1-2-3-4-5-13(22)11-7-6-10(18)8-12(11)20-15(23)21-16-19-9-14(17)24-16/h6-9H,2-5H2,1H3,(H2,19,20,21,23). The molecule has 1 aromatic carbocycles. The van der Waals surface area contributed by atoms with Gasteiger partial charge in [-0.15, -0.1) is 0 Å². The molecule has 0 aliphatic carbocycles. The largest absolute Gasteiger partial charge is 0.325 e. The van der Waals surface area contributed by atoms with Crippen molar-refractivity contribution in [2.45, 2.75) is 32.6 Å². The summed E-state index contributed by atoms with van der Waals surface area (Å²) in [4.78, 5) is 28.3. The number of nitrogens with one attached hydrogen (secondary N) is 2. The average Bonchev–Trinajstić information content (AvgIpc) is 2.92. The van der Waals surface area contributed by atoms with Crippen LogP contribution in [0.25, 0.3) is 0 Å². The summed E-state index contributed by atoms with van der Waals surface area (Å²) in [5, 5.41) is 5.46. The smallest absolute Gasteiger partial charge is 0.307 e. The van der Waals surface area contributed by atoms with E-state index in [4.69, 9.17) is 0 Å². The molecule has 0 fully saturated rings. The number of benzene rings is 1. The van der Waals surface area contributed by atoms with Crippen LogP contribution >= 0.6 is 27.3 Å². The Bertz CT molecular complexity index is 736. The lowest BCUT2D eigenvalue weighted by atomic mass is 10.0. The minimum Gasteiger partial charge on any atom is -0.307 e. The fraction of sp³-hybridized carbons (Fsp3) is 0.312. The lowest BCUT2D eigenvalue weighted by molar-refractivity contribution is 0.0980. The first-order valence-corrected chi connectivity index (χ1v) is 9.12. The number of ketones is 1. The zero-order valence-electron chi connectivity index (χ0n) is 13.1. The molecular formula is C16H17BrFN3O2S. The van der Waals surface area contributed by atoms with Crippen molar-refractivity contribution in [2.24, 2.45) is 0 Å². The summed E-state index contributed by atoms with van der Waals surface area (Å²) in [7, 11) is 0. The molecule has 0 saturated carbocycles. The molecule has 0 bridgehead atoms. The highest BCUT2D eigenvalue weighted by Gasteiger charge is 2.15. The summed E-state index contributed by atoms with van der Waals surface area (Å²) >= 11 is 4.50. The van der Waals surface area contributed by atoms with Crippen molar-refractivity contribution in [2.75, 3.05) is 10.6 Å².